The summed E-state index contributed by atoms with van der Waals surface area (Å²) in [5.41, 5.74) is 2.32. The predicted molar refractivity (Wildman–Crippen MR) is 89.2 cm³/mol. The van der Waals surface area contributed by atoms with Crippen molar-refractivity contribution < 1.29 is 13.9 Å². The number of halogens is 1. The molecule has 3 nitrogen and oxygen atoms in total. The highest BCUT2D eigenvalue weighted by Crippen LogP contribution is 2.18. The van der Waals surface area contributed by atoms with Crippen LogP contribution in [0.1, 0.15) is 15.9 Å². The van der Waals surface area contributed by atoms with E-state index in [1.165, 1.54) is 18.2 Å². The van der Waals surface area contributed by atoms with Gasteiger partial charge in [0.1, 0.15) is 5.82 Å². The molecule has 0 spiro atoms. The van der Waals surface area contributed by atoms with Gasteiger partial charge in [-0.1, -0.05) is 30.3 Å². The molecule has 1 aliphatic rings. The average molecular weight is 311 g/mol. The first-order valence-corrected chi connectivity index (χ1v) is 7.63. The van der Waals surface area contributed by atoms with Gasteiger partial charge in [-0.15, -0.1) is 0 Å². The molecule has 2 aromatic carbocycles. The van der Waals surface area contributed by atoms with Crippen molar-refractivity contribution in [3.05, 3.63) is 71.6 Å². The van der Waals surface area contributed by atoms with E-state index in [0.29, 0.717) is 24.3 Å². The summed E-state index contributed by atoms with van der Waals surface area (Å²) >= 11 is 0. The summed E-state index contributed by atoms with van der Waals surface area (Å²) in [5.74, 6) is -0.404. The van der Waals surface area contributed by atoms with Crippen LogP contribution in [-0.2, 0) is 4.74 Å². The molecule has 0 unspecified atom stereocenters. The van der Waals surface area contributed by atoms with Crippen molar-refractivity contribution in [2.45, 2.75) is 0 Å². The summed E-state index contributed by atoms with van der Waals surface area (Å²) < 4.78 is 18.5. The molecule has 0 atom stereocenters. The van der Waals surface area contributed by atoms with Crippen molar-refractivity contribution in [1.29, 1.82) is 0 Å². The number of allylic oxidation sites excluding steroid dienone is 1. The van der Waals surface area contributed by atoms with Crippen LogP contribution < -0.4 is 4.90 Å². The Morgan fingerprint density at radius 2 is 1.87 bits per heavy atom. The van der Waals surface area contributed by atoms with E-state index in [-0.39, 0.29) is 11.6 Å². The number of morpholine rings is 1. The first-order chi connectivity index (χ1) is 11.2. The van der Waals surface area contributed by atoms with Gasteiger partial charge < -0.3 is 9.64 Å². The number of ether oxygens (including phenoxy) is 1. The highest BCUT2D eigenvalue weighted by Gasteiger charge is 2.12. The van der Waals surface area contributed by atoms with Gasteiger partial charge in [0.15, 0.2) is 5.78 Å². The predicted octanol–water partition coefficient (Wildman–Crippen LogP) is 3.56. The summed E-state index contributed by atoms with van der Waals surface area (Å²) in [6.07, 6.45) is 3.11. The molecule has 23 heavy (non-hydrogen) atoms. The largest absolute Gasteiger partial charge is 0.378 e. The van der Waals surface area contributed by atoms with Gasteiger partial charge in [-0.05, 0) is 35.9 Å². The Bertz CT molecular complexity index is 721. The molecule has 0 bridgehead atoms. The van der Waals surface area contributed by atoms with Crippen LogP contribution in [-0.4, -0.2) is 32.1 Å². The third-order valence-corrected chi connectivity index (χ3v) is 3.78. The fraction of sp³-hybridized carbons (Fsp3) is 0.211. The number of anilines is 1. The maximum Gasteiger partial charge on any atom is 0.185 e. The van der Waals surface area contributed by atoms with Gasteiger partial charge in [-0.25, -0.2) is 4.39 Å². The van der Waals surface area contributed by atoms with Crippen LogP contribution in [0.3, 0.4) is 0 Å². The van der Waals surface area contributed by atoms with Gasteiger partial charge in [-0.3, -0.25) is 4.79 Å². The number of hydrogen-bond donors (Lipinski definition) is 0. The number of ketones is 1. The molecule has 1 heterocycles. The standard InChI is InChI=1S/C19H18FNO2/c20-17-5-1-3-15(13-17)7-8-19(22)16-4-2-6-18(14-16)21-9-11-23-12-10-21/h1-8,13-14H,9-12H2/b8-7+. The zero-order valence-electron chi connectivity index (χ0n) is 12.7. The maximum absolute atomic E-state index is 13.1. The lowest BCUT2D eigenvalue weighted by Gasteiger charge is -2.29. The molecule has 4 heteroatoms. The van der Waals surface area contributed by atoms with Crippen molar-refractivity contribution in [2.24, 2.45) is 0 Å². The van der Waals surface area contributed by atoms with Crippen LogP contribution in [0.5, 0.6) is 0 Å². The Morgan fingerprint density at radius 3 is 2.65 bits per heavy atom. The normalized spacial score (nSPS) is 15.1. The van der Waals surface area contributed by atoms with E-state index in [1.54, 1.807) is 24.3 Å². The van der Waals surface area contributed by atoms with E-state index in [2.05, 4.69) is 4.90 Å². The van der Waals surface area contributed by atoms with E-state index in [1.807, 2.05) is 18.2 Å². The second kappa shape index (κ2) is 7.20. The van der Waals surface area contributed by atoms with Crippen molar-refractivity contribution >= 4 is 17.5 Å². The fourth-order valence-corrected chi connectivity index (χ4v) is 2.56. The van der Waals surface area contributed by atoms with Crippen LogP contribution >= 0.6 is 0 Å². The smallest absolute Gasteiger partial charge is 0.185 e. The van der Waals surface area contributed by atoms with Crippen LogP contribution in [0.4, 0.5) is 10.1 Å². The Balaban J connectivity index is 1.74. The molecule has 1 saturated heterocycles. The van der Waals surface area contributed by atoms with E-state index in [0.717, 1.165) is 18.8 Å². The van der Waals surface area contributed by atoms with Gasteiger partial charge in [-0.2, -0.15) is 0 Å². The molecule has 0 amide bonds. The molecule has 2 aromatic rings. The monoisotopic (exact) mass is 311 g/mol. The number of carbonyl (C=O) groups excluding carboxylic acids is 1. The maximum atomic E-state index is 13.1. The SMILES string of the molecule is O=C(/C=C/c1cccc(F)c1)c1cccc(N2CCOCC2)c1. The van der Waals surface area contributed by atoms with E-state index in [4.69, 9.17) is 4.74 Å². The van der Waals surface area contributed by atoms with Gasteiger partial charge in [0.05, 0.1) is 13.2 Å². The second-order valence-corrected chi connectivity index (χ2v) is 5.40. The lowest BCUT2D eigenvalue weighted by Crippen LogP contribution is -2.36. The molecule has 0 aliphatic carbocycles. The highest BCUT2D eigenvalue weighted by molar-refractivity contribution is 6.07. The minimum absolute atomic E-state index is 0.0932. The lowest BCUT2D eigenvalue weighted by molar-refractivity contribution is 0.104. The average Bonchev–Trinajstić information content (AvgIpc) is 2.61. The van der Waals surface area contributed by atoms with Gasteiger partial charge in [0.2, 0.25) is 0 Å². The quantitative estimate of drug-likeness (QED) is 0.639. The number of nitrogens with zero attached hydrogens (tertiary/aromatic N) is 1. The molecule has 0 saturated carbocycles. The molecular formula is C19H18FNO2. The fourth-order valence-electron chi connectivity index (χ4n) is 2.56. The summed E-state index contributed by atoms with van der Waals surface area (Å²) in [5, 5.41) is 0. The molecule has 1 fully saturated rings. The van der Waals surface area contributed by atoms with Gasteiger partial charge in [0.25, 0.3) is 0 Å². The van der Waals surface area contributed by atoms with Crippen LogP contribution in [0.2, 0.25) is 0 Å². The first kappa shape index (κ1) is 15.4. The number of benzene rings is 2. The molecular weight excluding hydrogens is 293 g/mol. The van der Waals surface area contributed by atoms with Crippen LogP contribution in [0.15, 0.2) is 54.6 Å². The summed E-state index contributed by atoms with van der Waals surface area (Å²) in [6, 6.07) is 13.7. The van der Waals surface area contributed by atoms with E-state index < -0.39 is 0 Å². The molecule has 1 aliphatic heterocycles. The van der Waals surface area contributed by atoms with Crippen molar-refractivity contribution in [1.82, 2.24) is 0 Å². The zero-order chi connectivity index (χ0) is 16.1. The molecule has 3 rings (SSSR count). The summed E-state index contributed by atoms with van der Waals surface area (Å²) in [7, 11) is 0. The van der Waals surface area contributed by atoms with E-state index in [9.17, 15) is 9.18 Å². The molecule has 0 aromatic heterocycles. The minimum Gasteiger partial charge on any atom is -0.378 e. The van der Waals surface area contributed by atoms with Gasteiger partial charge >= 0.3 is 0 Å². The molecule has 0 radical (unpaired) electrons. The summed E-state index contributed by atoms with van der Waals surface area (Å²) in [4.78, 5) is 14.5. The first-order valence-electron chi connectivity index (χ1n) is 7.63. The lowest BCUT2D eigenvalue weighted by atomic mass is 10.1. The number of rotatable bonds is 4. The Labute approximate surface area is 135 Å². The van der Waals surface area contributed by atoms with Crippen molar-refractivity contribution in [2.75, 3.05) is 31.2 Å². The number of carbonyl (C=O) groups is 1. The third-order valence-electron chi connectivity index (χ3n) is 3.78. The zero-order valence-corrected chi connectivity index (χ0v) is 12.7. The summed E-state index contributed by atoms with van der Waals surface area (Å²) in [6.45, 7) is 3.07. The third kappa shape index (κ3) is 4.05. The second-order valence-electron chi connectivity index (χ2n) is 5.40. The minimum atomic E-state index is -0.311. The highest BCUT2D eigenvalue weighted by atomic mass is 19.1. The Morgan fingerprint density at radius 1 is 1.09 bits per heavy atom. The van der Waals surface area contributed by atoms with Gasteiger partial charge in [0, 0.05) is 24.3 Å². The molecule has 118 valence electrons. The topological polar surface area (TPSA) is 29.5 Å². The number of hydrogen-bond acceptors (Lipinski definition) is 3. The Kier molecular flexibility index (Phi) is 4.83. The van der Waals surface area contributed by atoms with Crippen LogP contribution in [0.25, 0.3) is 6.08 Å². The van der Waals surface area contributed by atoms with Crippen LogP contribution in [0, 0.1) is 5.82 Å². The van der Waals surface area contributed by atoms with E-state index >= 15 is 0 Å². The molecule has 0 N–H and O–H groups in total. The Hall–Kier alpha value is -2.46. The van der Waals surface area contributed by atoms with Crippen molar-refractivity contribution in [3.8, 4) is 0 Å². The van der Waals surface area contributed by atoms with Crippen molar-refractivity contribution in [3.63, 3.8) is 0 Å².